The Hall–Kier alpha value is -2.76. The number of nitrogens with zero attached hydrogens (tertiary/aromatic N) is 3. The number of amides is 2. The molecule has 2 heterocycles. The number of aromatic nitrogens is 1. The van der Waals surface area contributed by atoms with Crippen molar-refractivity contribution in [2.75, 3.05) is 33.3 Å². The number of hydrogen-bond donors (Lipinski definition) is 0. The fourth-order valence-corrected chi connectivity index (χ4v) is 3.67. The molecule has 6 nitrogen and oxygen atoms in total. The normalized spacial score (nSPS) is 14.4. The zero-order chi connectivity index (χ0) is 19.6. The molecule has 1 saturated heterocycles. The van der Waals surface area contributed by atoms with Gasteiger partial charge in [0, 0.05) is 45.6 Å². The van der Waals surface area contributed by atoms with Gasteiger partial charge >= 0.3 is 0 Å². The molecule has 0 unspecified atom stereocenters. The van der Waals surface area contributed by atoms with Crippen LogP contribution in [0.1, 0.15) is 27.0 Å². The maximum Gasteiger partial charge on any atom is 0.257 e. The number of carbonyl (C=O) groups excluding carboxylic acids is 2. The number of carbonyl (C=O) groups is 2. The first-order valence-corrected chi connectivity index (χ1v) is 9.22. The topological polar surface area (TPSA) is 54.8 Å². The minimum Gasteiger partial charge on any atom is -0.496 e. The molecule has 144 valence electrons. The van der Waals surface area contributed by atoms with E-state index in [1.54, 1.807) is 7.11 Å². The Morgan fingerprint density at radius 1 is 1.07 bits per heavy atom. The monoisotopic (exact) mass is 369 g/mol. The Morgan fingerprint density at radius 2 is 1.74 bits per heavy atom. The van der Waals surface area contributed by atoms with Crippen molar-refractivity contribution in [1.82, 2.24) is 14.4 Å². The van der Waals surface area contributed by atoms with E-state index in [-0.39, 0.29) is 11.8 Å². The number of piperazine rings is 1. The minimum atomic E-state index is -0.0335. The summed E-state index contributed by atoms with van der Waals surface area (Å²) in [6.45, 7) is 6.12. The van der Waals surface area contributed by atoms with Crippen LogP contribution in [-0.2, 0) is 18.3 Å². The number of ether oxygens (including phenoxy) is 1. The lowest BCUT2D eigenvalue weighted by Gasteiger charge is -2.35. The van der Waals surface area contributed by atoms with Gasteiger partial charge in [-0.15, -0.1) is 0 Å². The molecule has 0 atom stereocenters. The average molecular weight is 369 g/mol. The molecule has 0 spiro atoms. The molecule has 1 fully saturated rings. The van der Waals surface area contributed by atoms with Crippen LogP contribution in [-0.4, -0.2) is 59.5 Å². The van der Waals surface area contributed by atoms with Gasteiger partial charge in [0.15, 0.2) is 0 Å². The number of hydrogen-bond acceptors (Lipinski definition) is 3. The lowest BCUT2D eigenvalue weighted by molar-refractivity contribution is -0.131. The highest BCUT2D eigenvalue weighted by molar-refractivity contribution is 5.97. The van der Waals surface area contributed by atoms with Gasteiger partial charge in [0.1, 0.15) is 5.75 Å². The lowest BCUT2D eigenvalue weighted by atomic mass is 10.0. The second-order valence-electron chi connectivity index (χ2n) is 7.20. The molecular weight excluding hydrogens is 342 g/mol. The standard InChI is InChI=1S/C21H27N3O3/c1-15-11-16(2)20(27-4)18(12-15)21(26)24-9-7-23(8-10-24)19(25)13-17-5-6-22(3)14-17/h5-6,11-12,14H,7-10,13H2,1-4H3. The van der Waals surface area contributed by atoms with E-state index in [0.717, 1.165) is 16.7 Å². The first-order chi connectivity index (χ1) is 12.9. The summed E-state index contributed by atoms with van der Waals surface area (Å²) in [5.74, 6) is 0.708. The number of benzene rings is 1. The van der Waals surface area contributed by atoms with E-state index in [4.69, 9.17) is 4.74 Å². The third kappa shape index (κ3) is 4.15. The van der Waals surface area contributed by atoms with Gasteiger partial charge in [-0.05, 0) is 42.7 Å². The van der Waals surface area contributed by atoms with E-state index in [0.29, 0.717) is 43.9 Å². The summed E-state index contributed by atoms with van der Waals surface area (Å²) in [4.78, 5) is 29.2. The Labute approximate surface area is 160 Å². The lowest BCUT2D eigenvalue weighted by Crippen LogP contribution is -2.51. The molecule has 1 aromatic heterocycles. The molecule has 1 aromatic carbocycles. The van der Waals surface area contributed by atoms with Crippen molar-refractivity contribution in [3.8, 4) is 5.75 Å². The van der Waals surface area contributed by atoms with Crippen LogP contribution in [0.15, 0.2) is 30.6 Å². The highest BCUT2D eigenvalue weighted by Crippen LogP contribution is 2.26. The second-order valence-corrected chi connectivity index (χ2v) is 7.20. The highest BCUT2D eigenvalue weighted by Gasteiger charge is 2.27. The molecule has 6 heteroatoms. The zero-order valence-electron chi connectivity index (χ0n) is 16.5. The van der Waals surface area contributed by atoms with Gasteiger partial charge in [-0.25, -0.2) is 0 Å². The van der Waals surface area contributed by atoms with Crippen molar-refractivity contribution in [2.45, 2.75) is 20.3 Å². The van der Waals surface area contributed by atoms with Crippen molar-refractivity contribution < 1.29 is 14.3 Å². The van der Waals surface area contributed by atoms with Crippen LogP contribution < -0.4 is 4.74 Å². The van der Waals surface area contributed by atoms with E-state index >= 15 is 0 Å². The third-order valence-electron chi connectivity index (χ3n) is 5.02. The summed E-state index contributed by atoms with van der Waals surface area (Å²) >= 11 is 0. The molecule has 0 radical (unpaired) electrons. The van der Waals surface area contributed by atoms with Crippen LogP contribution in [0, 0.1) is 13.8 Å². The molecule has 3 rings (SSSR count). The minimum absolute atomic E-state index is 0.0335. The van der Waals surface area contributed by atoms with Crippen molar-refractivity contribution in [2.24, 2.45) is 7.05 Å². The van der Waals surface area contributed by atoms with E-state index < -0.39 is 0 Å². The van der Waals surface area contributed by atoms with E-state index in [9.17, 15) is 9.59 Å². The maximum absolute atomic E-state index is 13.0. The second kappa shape index (κ2) is 7.86. The first kappa shape index (κ1) is 19.0. The molecule has 1 aliphatic rings. The van der Waals surface area contributed by atoms with Gasteiger partial charge in [-0.1, -0.05) is 6.07 Å². The van der Waals surface area contributed by atoms with Gasteiger partial charge in [-0.3, -0.25) is 9.59 Å². The van der Waals surface area contributed by atoms with Crippen LogP contribution in [0.5, 0.6) is 5.75 Å². The predicted octanol–water partition coefficient (Wildman–Crippen LogP) is 2.18. The molecule has 27 heavy (non-hydrogen) atoms. The van der Waals surface area contributed by atoms with Gasteiger partial charge < -0.3 is 19.1 Å². The number of methoxy groups -OCH3 is 1. The number of aryl methyl sites for hydroxylation is 3. The quantitative estimate of drug-likeness (QED) is 0.830. The Kier molecular flexibility index (Phi) is 5.54. The van der Waals surface area contributed by atoms with Gasteiger partial charge in [0.05, 0.1) is 19.1 Å². The van der Waals surface area contributed by atoms with Crippen molar-refractivity contribution in [3.63, 3.8) is 0 Å². The van der Waals surface area contributed by atoms with Crippen LogP contribution in [0.25, 0.3) is 0 Å². The predicted molar refractivity (Wildman–Crippen MR) is 104 cm³/mol. The van der Waals surface area contributed by atoms with Crippen LogP contribution in [0.4, 0.5) is 0 Å². The first-order valence-electron chi connectivity index (χ1n) is 9.22. The fraction of sp³-hybridized carbons (Fsp3) is 0.429. The molecule has 0 bridgehead atoms. The van der Waals surface area contributed by atoms with Crippen LogP contribution in [0.2, 0.25) is 0 Å². The summed E-state index contributed by atoms with van der Waals surface area (Å²) in [5, 5.41) is 0. The van der Waals surface area contributed by atoms with Gasteiger partial charge in [-0.2, -0.15) is 0 Å². The molecule has 1 aliphatic heterocycles. The van der Waals surface area contributed by atoms with Crippen molar-refractivity contribution >= 4 is 11.8 Å². The van der Waals surface area contributed by atoms with Gasteiger partial charge in [0.2, 0.25) is 5.91 Å². The van der Waals surface area contributed by atoms with E-state index in [1.807, 2.05) is 65.9 Å². The van der Waals surface area contributed by atoms with E-state index in [1.165, 1.54) is 0 Å². The van der Waals surface area contributed by atoms with Crippen molar-refractivity contribution in [1.29, 1.82) is 0 Å². The summed E-state index contributed by atoms with van der Waals surface area (Å²) in [7, 11) is 3.54. The molecule has 0 aliphatic carbocycles. The maximum atomic E-state index is 13.0. The molecule has 0 saturated carbocycles. The number of rotatable bonds is 4. The largest absolute Gasteiger partial charge is 0.496 e. The third-order valence-corrected chi connectivity index (χ3v) is 5.02. The van der Waals surface area contributed by atoms with Gasteiger partial charge in [0.25, 0.3) is 5.91 Å². The SMILES string of the molecule is COc1c(C)cc(C)cc1C(=O)N1CCN(C(=O)Cc2ccn(C)c2)CC1. The molecule has 0 N–H and O–H groups in total. The van der Waals surface area contributed by atoms with Crippen LogP contribution >= 0.6 is 0 Å². The van der Waals surface area contributed by atoms with Crippen LogP contribution in [0.3, 0.4) is 0 Å². The van der Waals surface area contributed by atoms with Crippen molar-refractivity contribution in [3.05, 3.63) is 52.8 Å². The molecular formula is C21H27N3O3. The average Bonchev–Trinajstić information content (AvgIpc) is 3.05. The molecule has 2 amide bonds. The molecule has 2 aromatic rings. The fourth-order valence-electron chi connectivity index (χ4n) is 3.67. The summed E-state index contributed by atoms with van der Waals surface area (Å²) < 4.78 is 7.40. The summed E-state index contributed by atoms with van der Waals surface area (Å²) in [5.41, 5.74) is 3.60. The summed E-state index contributed by atoms with van der Waals surface area (Å²) in [6, 6.07) is 5.85. The Morgan fingerprint density at radius 3 is 2.33 bits per heavy atom. The smallest absolute Gasteiger partial charge is 0.257 e. The highest BCUT2D eigenvalue weighted by atomic mass is 16.5. The summed E-state index contributed by atoms with van der Waals surface area (Å²) in [6.07, 6.45) is 4.31. The van der Waals surface area contributed by atoms with E-state index in [2.05, 4.69) is 0 Å². The zero-order valence-corrected chi connectivity index (χ0v) is 16.5. The Balaban J connectivity index is 1.63. The Bertz CT molecular complexity index is 848.